The fourth-order valence-electron chi connectivity index (χ4n) is 8.99. The minimum Gasteiger partial charge on any atom is -0.462 e. The van der Waals surface area contributed by atoms with Crippen LogP contribution < -0.4 is 0 Å². The van der Waals surface area contributed by atoms with E-state index in [1.54, 1.807) is 12.5 Å². The molecule has 7 unspecified atom stereocenters. The number of fused-ring (bicyclic) bond motifs is 5. The van der Waals surface area contributed by atoms with Gasteiger partial charge in [0.1, 0.15) is 6.10 Å². The molecule has 0 spiro atoms. The molecule has 0 aliphatic heterocycles. The topological polar surface area (TPSA) is 26.3 Å². The highest BCUT2D eigenvalue weighted by Crippen LogP contribution is 2.67. The predicted molar refractivity (Wildman–Crippen MR) is 140 cm³/mol. The van der Waals surface area contributed by atoms with E-state index in [0.717, 1.165) is 48.3 Å². The Morgan fingerprint density at radius 2 is 1.76 bits per heavy atom. The lowest BCUT2D eigenvalue weighted by molar-refractivity contribution is -0.148. The van der Waals surface area contributed by atoms with E-state index in [2.05, 4.69) is 40.7 Å². The number of ether oxygens (including phenoxy) is 1. The van der Waals surface area contributed by atoms with E-state index in [1.807, 2.05) is 13.8 Å². The summed E-state index contributed by atoms with van der Waals surface area (Å²) in [5.74, 6) is 5.19. The largest absolute Gasteiger partial charge is 0.462 e. The first-order chi connectivity index (χ1) is 15.6. The standard InChI is InChI=1S/C29H48O2.C2H6/c1-19(2)8-7-9-20(3)25-12-13-26-24-11-10-22-18-23(31-21(4)30)14-16-28(22,5)27(24)15-17-29(25,26)6;1-2/h10,19-20,23-27H,7-9,11-18H2,1-6H3;1-2H3/t20?,23?,24?,25?,26?,27?,28?,29-;/m0./s1. The summed E-state index contributed by atoms with van der Waals surface area (Å²) in [6.45, 7) is 18.1. The molecule has 0 N–H and O–H groups in total. The van der Waals surface area contributed by atoms with Gasteiger partial charge in [-0.2, -0.15) is 0 Å². The van der Waals surface area contributed by atoms with E-state index < -0.39 is 0 Å². The van der Waals surface area contributed by atoms with Gasteiger partial charge in [-0.1, -0.05) is 79.4 Å². The van der Waals surface area contributed by atoms with E-state index in [4.69, 9.17) is 4.74 Å². The molecule has 0 heterocycles. The Bertz CT molecular complexity index is 693. The Labute approximate surface area is 205 Å². The summed E-state index contributed by atoms with van der Waals surface area (Å²) in [5, 5.41) is 0. The number of rotatable bonds is 6. The lowest BCUT2D eigenvalue weighted by Gasteiger charge is -2.58. The molecule has 0 bridgehead atoms. The molecular formula is C31H54O2. The van der Waals surface area contributed by atoms with Gasteiger partial charge in [0.2, 0.25) is 0 Å². The molecule has 0 radical (unpaired) electrons. The predicted octanol–water partition coefficient (Wildman–Crippen LogP) is 8.99. The number of carbonyl (C=O) groups is 1. The van der Waals surface area contributed by atoms with Crippen molar-refractivity contribution in [2.24, 2.45) is 46.3 Å². The van der Waals surface area contributed by atoms with Crippen LogP contribution in [0.4, 0.5) is 0 Å². The third-order valence-corrected chi connectivity index (χ3v) is 10.6. The van der Waals surface area contributed by atoms with E-state index in [1.165, 1.54) is 57.8 Å². The number of hydrogen-bond acceptors (Lipinski definition) is 2. The molecule has 190 valence electrons. The normalized spacial score (nSPS) is 40.5. The van der Waals surface area contributed by atoms with Gasteiger partial charge in [-0.15, -0.1) is 0 Å². The second kappa shape index (κ2) is 10.9. The van der Waals surface area contributed by atoms with Gasteiger partial charge in [0, 0.05) is 13.3 Å². The van der Waals surface area contributed by atoms with Crippen LogP contribution in [0, 0.1) is 46.3 Å². The SMILES string of the molecule is CC.CC(=O)OC1CCC2(C)C(=CCC3C2CC[C@@]2(C)C(C(C)CCCC(C)C)CCC32)C1. The average Bonchev–Trinajstić information content (AvgIpc) is 3.12. The Morgan fingerprint density at radius 3 is 2.42 bits per heavy atom. The van der Waals surface area contributed by atoms with Crippen LogP contribution in [0.25, 0.3) is 0 Å². The molecule has 0 aromatic rings. The van der Waals surface area contributed by atoms with E-state index in [0.29, 0.717) is 10.8 Å². The second-order valence-electron chi connectivity index (χ2n) is 12.8. The van der Waals surface area contributed by atoms with Crippen LogP contribution in [0.3, 0.4) is 0 Å². The Morgan fingerprint density at radius 1 is 1.03 bits per heavy atom. The molecule has 4 rings (SSSR count). The van der Waals surface area contributed by atoms with Crippen molar-refractivity contribution < 1.29 is 9.53 Å². The first-order valence-electron chi connectivity index (χ1n) is 14.5. The van der Waals surface area contributed by atoms with Gasteiger partial charge in [-0.25, -0.2) is 0 Å². The summed E-state index contributed by atoms with van der Waals surface area (Å²) >= 11 is 0. The van der Waals surface area contributed by atoms with Gasteiger partial charge >= 0.3 is 5.97 Å². The zero-order valence-corrected chi connectivity index (χ0v) is 23.2. The van der Waals surface area contributed by atoms with E-state index >= 15 is 0 Å². The van der Waals surface area contributed by atoms with Gasteiger partial charge in [-0.3, -0.25) is 4.79 Å². The van der Waals surface area contributed by atoms with Gasteiger partial charge in [0.25, 0.3) is 0 Å². The molecule has 4 aliphatic carbocycles. The molecule has 0 aromatic carbocycles. The van der Waals surface area contributed by atoms with Crippen LogP contribution in [-0.2, 0) is 9.53 Å². The number of hydrogen-bond donors (Lipinski definition) is 0. The van der Waals surface area contributed by atoms with Crippen molar-refractivity contribution in [1.29, 1.82) is 0 Å². The molecule has 0 amide bonds. The highest BCUT2D eigenvalue weighted by Gasteiger charge is 2.59. The van der Waals surface area contributed by atoms with Crippen LogP contribution >= 0.6 is 0 Å². The molecule has 4 aliphatic rings. The van der Waals surface area contributed by atoms with Crippen molar-refractivity contribution in [3.8, 4) is 0 Å². The van der Waals surface area contributed by atoms with Crippen LogP contribution in [0.1, 0.15) is 126 Å². The molecule has 0 aromatic heterocycles. The fourth-order valence-corrected chi connectivity index (χ4v) is 8.99. The summed E-state index contributed by atoms with van der Waals surface area (Å²) in [5.41, 5.74) is 2.53. The van der Waals surface area contributed by atoms with Crippen LogP contribution in [0.15, 0.2) is 11.6 Å². The molecule has 3 fully saturated rings. The van der Waals surface area contributed by atoms with Crippen LogP contribution in [-0.4, -0.2) is 12.1 Å². The molecule has 0 saturated heterocycles. The summed E-state index contributed by atoms with van der Waals surface area (Å²) in [7, 11) is 0. The van der Waals surface area contributed by atoms with Crippen molar-refractivity contribution in [2.45, 2.75) is 132 Å². The zero-order chi connectivity index (χ0) is 24.4. The first-order valence-corrected chi connectivity index (χ1v) is 14.5. The number of esters is 1. The number of allylic oxidation sites excluding steroid dienone is 1. The van der Waals surface area contributed by atoms with E-state index in [9.17, 15) is 4.79 Å². The minimum atomic E-state index is -0.115. The quantitative estimate of drug-likeness (QED) is 0.293. The maximum Gasteiger partial charge on any atom is 0.302 e. The van der Waals surface area contributed by atoms with Crippen molar-refractivity contribution in [3.63, 3.8) is 0 Å². The van der Waals surface area contributed by atoms with Gasteiger partial charge in [-0.05, 0) is 91.3 Å². The van der Waals surface area contributed by atoms with Gasteiger partial charge < -0.3 is 4.74 Å². The summed E-state index contributed by atoms with van der Waals surface area (Å²) in [4.78, 5) is 11.5. The highest BCUT2D eigenvalue weighted by molar-refractivity contribution is 5.66. The highest BCUT2D eigenvalue weighted by atomic mass is 16.5. The van der Waals surface area contributed by atoms with Gasteiger partial charge in [0.15, 0.2) is 0 Å². The summed E-state index contributed by atoms with van der Waals surface area (Å²) < 4.78 is 5.61. The average molecular weight is 459 g/mol. The summed E-state index contributed by atoms with van der Waals surface area (Å²) in [6, 6.07) is 0. The smallest absolute Gasteiger partial charge is 0.302 e. The molecule has 2 nitrogen and oxygen atoms in total. The minimum absolute atomic E-state index is 0.115. The maximum atomic E-state index is 11.5. The van der Waals surface area contributed by atoms with Crippen molar-refractivity contribution in [3.05, 3.63) is 11.6 Å². The van der Waals surface area contributed by atoms with E-state index in [-0.39, 0.29) is 12.1 Å². The third kappa shape index (κ3) is 5.25. The number of carbonyl (C=O) groups excluding carboxylic acids is 1. The Kier molecular flexibility index (Phi) is 8.82. The molecule has 2 heteroatoms. The maximum absolute atomic E-state index is 11.5. The second-order valence-corrected chi connectivity index (χ2v) is 12.8. The molecule has 3 saturated carbocycles. The zero-order valence-electron chi connectivity index (χ0n) is 23.2. The third-order valence-electron chi connectivity index (χ3n) is 10.6. The molecule has 33 heavy (non-hydrogen) atoms. The van der Waals surface area contributed by atoms with Gasteiger partial charge in [0.05, 0.1) is 0 Å². The van der Waals surface area contributed by atoms with Crippen molar-refractivity contribution >= 4 is 5.97 Å². The monoisotopic (exact) mass is 458 g/mol. The lowest BCUT2D eigenvalue weighted by Crippen LogP contribution is -2.51. The lowest BCUT2D eigenvalue weighted by atomic mass is 9.47. The van der Waals surface area contributed by atoms with Crippen LogP contribution in [0.5, 0.6) is 0 Å². The molecular weight excluding hydrogens is 404 g/mol. The molecule has 8 atom stereocenters. The fraction of sp³-hybridized carbons (Fsp3) is 0.903. The summed E-state index contributed by atoms with van der Waals surface area (Å²) in [6.07, 6.45) is 17.2. The Balaban J connectivity index is 0.00000149. The van der Waals surface area contributed by atoms with Crippen LogP contribution in [0.2, 0.25) is 0 Å². The Hall–Kier alpha value is -0.790. The van der Waals surface area contributed by atoms with Crippen molar-refractivity contribution in [2.75, 3.05) is 0 Å². The van der Waals surface area contributed by atoms with Crippen molar-refractivity contribution in [1.82, 2.24) is 0 Å². The first kappa shape index (κ1) is 26.8.